The lowest BCUT2D eigenvalue weighted by molar-refractivity contribution is -0.141. The Labute approximate surface area is 125 Å². The molecular formula is C10H15F3IN5. The maximum absolute atomic E-state index is 12.3. The summed E-state index contributed by atoms with van der Waals surface area (Å²) in [5.41, 5.74) is 0. The van der Waals surface area contributed by atoms with Crippen molar-refractivity contribution in [1.29, 1.82) is 0 Å². The summed E-state index contributed by atoms with van der Waals surface area (Å²) in [4.78, 5) is 8.05. The number of aliphatic imine (C=N–C) groups is 1. The molecule has 0 aliphatic carbocycles. The summed E-state index contributed by atoms with van der Waals surface area (Å²) in [5.74, 6) is 0.931. The molecule has 0 saturated carbocycles. The molecule has 2 rings (SSSR count). The molecule has 0 amide bonds. The first-order chi connectivity index (χ1) is 8.44. The van der Waals surface area contributed by atoms with Gasteiger partial charge in [0.05, 0.1) is 13.1 Å². The van der Waals surface area contributed by atoms with E-state index in [0.29, 0.717) is 18.3 Å². The minimum atomic E-state index is -4.24. The first-order valence-corrected chi connectivity index (χ1v) is 5.55. The number of alkyl halides is 3. The van der Waals surface area contributed by atoms with Gasteiger partial charge in [-0.2, -0.15) is 13.2 Å². The molecule has 1 aliphatic heterocycles. The molecule has 0 radical (unpaired) electrons. The number of hydrogen-bond donors (Lipinski definition) is 2. The standard InChI is InChI=1S/C10H14F3N5.HI/c1-7-4-15-9(17-7)16-5-8-14-2-3-18(8)6-10(11,12)13;/h2-3,7H,4-6H2,1H3,(H2,15,16,17);1H. The molecule has 108 valence electrons. The summed E-state index contributed by atoms with van der Waals surface area (Å²) < 4.78 is 37.9. The summed E-state index contributed by atoms with van der Waals surface area (Å²) in [5, 5.41) is 5.99. The quantitative estimate of drug-likeness (QED) is 0.771. The third-order valence-corrected chi connectivity index (χ3v) is 2.47. The molecule has 2 heterocycles. The summed E-state index contributed by atoms with van der Waals surface area (Å²) in [6.07, 6.45) is -1.57. The molecule has 2 N–H and O–H groups in total. The Bertz CT molecular complexity index is 443. The fourth-order valence-corrected chi connectivity index (χ4v) is 1.67. The summed E-state index contributed by atoms with van der Waals surface area (Å²) in [6.45, 7) is 1.82. The van der Waals surface area contributed by atoms with Crippen LogP contribution < -0.4 is 10.6 Å². The average Bonchev–Trinajstić information content (AvgIpc) is 2.82. The van der Waals surface area contributed by atoms with Crippen LogP contribution in [-0.4, -0.2) is 34.3 Å². The molecule has 1 aliphatic rings. The highest BCUT2D eigenvalue weighted by Gasteiger charge is 2.28. The molecule has 1 aromatic heterocycles. The van der Waals surface area contributed by atoms with Crippen molar-refractivity contribution in [2.75, 3.05) is 6.54 Å². The van der Waals surface area contributed by atoms with E-state index in [1.807, 2.05) is 6.92 Å². The van der Waals surface area contributed by atoms with E-state index in [2.05, 4.69) is 20.6 Å². The largest absolute Gasteiger partial charge is 0.406 e. The highest BCUT2D eigenvalue weighted by molar-refractivity contribution is 14.0. The Hall–Kier alpha value is -1.00. The van der Waals surface area contributed by atoms with E-state index in [1.165, 1.54) is 12.4 Å². The Balaban J connectivity index is 0.00000180. The Kier molecular flexibility index (Phi) is 5.44. The van der Waals surface area contributed by atoms with E-state index < -0.39 is 12.7 Å². The van der Waals surface area contributed by atoms with Crippen LogP contribution in [0.5, 0.6) is 0 Å². The third-order valence-electron chi connectivity index (χ3n) is 2.47. The lowest BCUT2D eigenvalue weighted by Gasteiger charge is -2.12. The lowest BCUT2D eigenvalue weighted by atomic mass is 10.4. The van der Waals surface area contributed by atoms with Gasteiger partial charge in [-0.05, 0) is 6.92 Å². The Morgan fingerprint density at radius 1 is 1.53 bits per heavy atom. The number of nitrogens with zero attached hydrogens (tertiary/aromatic N) is 3. The van der Waals surface area contributed by atoms with Gasteiger partial charge in [0, 0.05) is 18.4 Å². The molecule has 1 aromatic rings. The number of aromatic nitrogens is 2. The van der Waals surface area contributed by atoms with Crippen molar-refractivity contribution in [2.45, 2.75) is 32.2 Å². The second-order valence-electron chi connectivity index (χ2n) is 4.17. The van der Waals surface area contributed by atoms with Crippen molar-refractivity contribution in [3.8, 4) is 0 Å². The van der Waals surface area contributed by atoms with Crippen LogP contribution in [0.3, 0.4) is 0 Å². The van der Waals surface area contributed by atoms with Gasteiger partial charge >= 0.3 is 6.18 Å². The topological polar surface area (TPSA) is 54.2 Å². The molecule has 0 fully saturated rings. The first kappa shape index (κ1) is 16.1. The van der Waals surface area contributed by atoms with Crippen LogP contribution in [0.15, 0.2) is 17.4 Å². The van der Waals surface area contributed by atoms with Crippen molar-refractivity contribution < 1.29 is 13.2 Å². The van der Waals surface area contributed by atoms with Gasteiger partial charge in [-0.25, -0.2) is 4.98 Å². The maximum Gasteiger partial charge on any atom is 0.406 e. The zero-order valence-electron chi connectivity index (χ0n) is 10.2. The molecular weight excluding hydrogens is 374 g/mol. The predicted molar refractivity (Wildman–Crippen MR) is 75.4 cm³/mol. The van der Waals surface area contributed by atoms with Crippen molar-refractivity contribution in [1.82, 2.24) is 20.2 Å². The van der Waals surface area contributed by atoms with Crippen molar-refractivity contribution >= 4 is 29.9 Å². The summed E-state index contributed by atoms with van der Waals surface area (Å²) in [7, 11) is 0. The second kappa shape index (κ2) is 6.44. The normalized spacial score (nSPS) is 18.5. The number of hydrogen-bond acceptors (Lipinski definition) is 4. The monoisotopic (exact) mass is 389 g/mol. The van der Waals surface area contributed by atoms with Gasteiger partial charge < -0.3 is 15.2 Å². The molecule has 0 saturated heterocycles. The zero-order chi connectivity index (χ0) is 13.2. The smallest absolute Gasteiger partial charge is 0.352 e. The van der Waals surface area contributed by atoms with Crippen molar-refractivity contribution in [2.24, 2.45) is 4.99 Å². The molecule has 19 heavy (non-hydrogen) atoms. The van der Waals surface area contributed by atoms with E-state index >= 15 is 0 Å². The van der Waals surface area contributed by atoms with Crippen LogP contribution in [0.4, 0.5) is 13.2 Å². The minimum Gasteiger partial charge on any atom is -0.352 e. The van der Waals surface area contributed by atoms with Gasteiger partial charge in [-0.1, -0.05) is 0 Å². The van der Waals surface area contributed by atoms with Crippen LogP contribution in [0.1, 0.15) is 12.7 Å². The molecule has 0 spiro atoms. The highest BCUT2D eigenvalue weighted by Crippen LogP contribution is 2.18. The van der Waals surface area contributed by atoms with Gasteiger partial charge in [0.2, 0.25) is 0 Å². The van der Waals surface area contributed by atoms with Gasteiger partial charge in [-0.3, -0.25) is 4.99 Å². The van der Waals surface area contributed by atoms with Gasteiger partial charge in [-0.15, -0.1) is 24.0 Å². The SMILES string of the molecule is CC1CN=C(NCc2nccn2CC(F)(F)F)N1.I. The molecule has 5 nitrogen and oxygen atoms in total. The highest BCUT2D eigenvalue weighted by atomic mass is 127. The third kappa shape index (κ3) is 4.88. The van der Waals surface area contributed by atoms with E-state index in [1.54, 1.807) is 0 Å². The van der Waals surface area contributed by atoms with Crippen LogP contribution in [-0.2, 0) is 13.1 Å². The molecule has 1 atom stereocenters. The Morgan fingerprint density at radius 3 is 2.84 bits per heavy atom. The van der Waals surface area contributed by atoms with Gasteiger partial charge in [0.1, 0.15) is 12.4 Å². The predicted octanol–water partition coefficient (Wildman–Crippen LogP) is 1.50. The minimum absolute atomic E-state index is 0. The number of nitrogens with one attached hydrogen (secondary N) is 2. The summed E-state index contributed by atoms with van der Waals surface area (Å²) in [6, 6.07) is 0.252. The number of guanidine groups is 1. The van der Waals surface area contributed by atoms with Crippen LogP contribution in [0, 0.1) is 0 Å². The first-order valence-electron chi connectivity index (χ1n) is 5.55. The van der Waals surface area contributed by atoms with E-state index in [0.717, 1.165) is 4.57 Å². The summed E-state index contributed by atoms with van der Waals surface area (Å²) >= 11 is 0. The van der Waals surface area contributed by atoms with Crippen molar-refractivity contribution in [3.63, 3.8) is 0 Å². The van der Waals surface area contributed by atoms with E-state index in [9.17, 15) is 13.2 Å². The molecule has 0 bridgehead atoms. The maximum atomic E-state index is 12.3. The van der Waals surface area contributed by atoms with Crippen LogP contribution in [0.25, 0.3) is 0 Å². The molecule has 9 heteroatoms. The fourth-order valence-electron chi connectivity index (χ4n) is 1.67. The lowest BCUT2D eigenvalue weighted by Crippen LogP contribution is -2.37. The average molecular weight is 389 g/mol. The Morgan fingerprint density at radius 2 is 2.26 bits per heavy atom. The van der Waals surface area contributed by atoms with Gasteiger partial charge in [0.25, 0.3) is 0 Å². The number of imidazole rings is 1. The second-order valence-corrected chi connectivity index (χ2v) is 4.17. The fraction of sp³-hybridized carbons (Fsp3) is 0.600. The molecule has 0 aromatic carbocycles. The number of halogens is 4. The van der Waals surface area contributed by atoms with Crippen molar-refractivity contribution in [3.05, 3.63) is 18.2 Å². The zero-order valence-corrected chi connectivity index (χ0v) is 12.6. The molecule has 1 unspecified atom stereocenters. The number of rotatable bonds is 3. The van der Waals surface area contributed by atoms with Crippen LogP contribution in [0.2, 0.25) is 0 Å². The van der Waals surface area contributed by atoms with E-state index in [4.69, 9.17) is 0 Å². The van der Waals surface area contributed by atoms with E-state index in [-0.39, 0.29) is 36.6 Å². The van der Waals surface area contributed by atoms with Gasteiger partial charge in [0.15, 0.2) is 5.96 Å². The van der Waals surface area contributed by atoms with Crippen LogP contribution >= 0.6 is 24.0 Å².